The van der Waals surface area contributed by atoms with Gasteiger partial charge in [0.2, 0.25) is 0 Å². The number of aldehydes is 1. The Kier molecular flexibility index (Phi) is 6.45. The molecule has 1 aromatic rings. The molecule has 1 aromatic carbocycles. The minimum absolute atomic E-state index is 0.639. The van der Waals surface area contributed by atoms with Crippen LogP contribution in [0.2, 0.25) is 0 Å². The summed E-state index contributed by atoms with van der Waals surface area (Å²) in [5.74, 6) is 0. The van der Waals surface area contributed by atoms with E-state index in [0.717, 1.165) is 19.3 Å². The first-order valence-corrected chi connectivity index (χ1v) is 5.56. The Morgan fingerprint density at radius 3 is 2.38 bits per heavy atom. The number of carbonyl (C=O) groups excluding carboxylic acids is 1. The molecule has 0 aliphatic heterocycles. The summed E-state index contributed by atoms with van der Waals surface area (Å²) in [5.41, 5.74) is 1.89. The van der Waals surface area contributed by atoms with Crippen molar-refractivity contribution in [3.8, 4) is 0 Å². The molecule has 0 saturated carbocycles. The standard InChI is InChI=1S/C13H18O3/c1-2-15-9-10-16-8-7-12-3-5-13(11-14)6-4-12/h3-6,11H,2,7-10H2,1H3. The molecule has 0 N–H and O–H groups in total. The van der Waals surface area contributed by atoms with Gasteiger partial charge in [-0.15, -0.1) is 0 Å². The fourth-order valence-corrected chi connectivity index (χ4v) is 1.32. The van der Waals surface area contributed by atoms with Crippen LogP contribution >= 0.6 is 0 Å². The second-order valence-corrected chi connectivity index (χ2v) is 3.42. The van der Waals surface area contributed by atoms with Crippen LogP contribution in [-0.4, -0.2) is 32.7 Å². The van der Waals surface area contributed by atoms with Gasteiger partial charge in [-0.3, -0.25) is 4.79 Å². The van der Waals surface area contributed by atoms with Crippen LogP contribution in [0.4, 0.5) is 0 Å². The van der Waals surface area contributed by atoms with Gasteiger partial charge in [-0.2, -0.15) is 0 Å². The van der Waals surface area contributed by atoms with Crippen molar-refractivity contribution < 1.29 is 14.3 Å². The first-order valence-electron chi connectivity index (χ1n) is 5.56. The lowest BCUT2D eigenvalue weighted by Crippen LogP contribution is -2.06. The molecule has 0 heterocycles. The van der Waals surface area contributed by atoms with Crippen molar-refractivity contribution in [3.05, 3.63) is 35.4 Å². The SMILES string of the molecule is CCOCCOCCc1ccc(C=O)cc1. The molecule has 0 radical (unpaired) electrons. The van der Waals surface area contributed by atoms with E-state index < -0.39 is 0 Å². The van der Waals surface area contributed by atoms with E-state index in [0.29, 0.717) is 25.4 Å². The van der Waals surface area contributed by atoms with E-state index in [1.165, 1.54) is 5.56 Å². The Hall–Kier alpha value is -1.19. The summed E-state index contributed by atoms with van der Waals surface area (Å²) in [4.78, 5) is 10.4. The largest absolute Gasteiger partial charge is 0.379 e. The summed E-state index contributed by atoms with van der Waals surface area (Å²) in [7, 11) is 0. The van der Waals surface area contributed by atoms with Crippen LogP contribution < -0.4 is 0 Å². The molecule has 3 nitrogen and oxygen atoms in total. The first kappa shape index (κ1) is 12.9. The quantitative estimate of drug-likeness (QED) is 0.499. The fourth-order valence-electron chi connectivity index (χ4n) is 1.32. The molecule has 0 atom stereocenters. The molecular formula is C13H18O3. The smallest absolute Gasteiger partial charge is 0.150 e. The fraction of sp³-hybridized carbons (Fsp3) is 0.462. The van der Waals surface area contributed by atoms with Crippen molar-refractivity contribution in [2.45, 2.75) is 13.3 Å². The molecule has 88 valence electrons. The molecule has 0 amide bonds. The van der Waals surface area contributed by atoms with Crippen LogP contribution in [0.15, 0.2) is 24.3 Å². The molecule has 0 aromatic heterocycles. The van der Waals surface area contributed by atoms with Gasteiger partial charge in [0.05, 0.1) is 19.8 Å². The third-order valence-corrected chi connectivity index (χ3v) is 2.23. The summed E-state index contributed by atoms with van der Waals surface area (Å²) in [5, 5.41) is 0. The van der Waals surface area contributed by atoms with Crippen molar-refractivity contribution in [1.82, 2.24) is 0 Å². The lowest BCUT2D eigenvalue weighted by molar-refractivity contribution is 0.0541. The van der Waals surface area contributed by atoms with Gasteiger partial charge in [-0.05, 0) is 18.9 Å². The van der Waals surface area contributed by atoms with Crippen molar-refractivity contribution in [3.63, 3.8) is 0 Å². The Labute approximate surface area is 96.4 Å². The summed E-state index contributed by atoms with van der Waals surface area (Å²) in [6.07, 6.45) is 1.72. The van der Waals surface area contributed by atoms with Gasteiger partial charge in [-0.25, -0.2) is 0 Å². The molecule has 0 spiro atoms. The van der Waals surface area contributed by atoms with E-state index in [2.05, 4.69) is 0 Å². The average molecular weight is 222 g/mol. The van der Waals surface area contributed by atoms with E-state index in [9.17, 15) is 4.79 Å². The van der Waals surface area contributed by atoms with E-state index >= 15 is 0 Å². The maximum atomic E-state index is 10.4. The third-order valence-electron chi connectivity index (χ3n) is 2.23. The van der Waals surface area contributed by atoms with Crippen LogP contribution in [0.1, 0.15) is 22.8 Å². The molecule has 0 unspecified atom stereocenters. The highest BCUT2D eigenvalue weighted by Gasteiger charge is 1.94. The molecule has 0 aliphatic carbocycles. The summed E-state index contributed by atoms with van der Waals surface area (Å²) in [6, 6.07) is 7.55. The second-order valence-electron chi connectivity index (χ2n) is 3.42. The van der Waals surface area contributed by atoms with E-state index in [-0.39, 0.29) is 0 Å². The highest BCUT2D eigenvalue weighted by Crippen LogP contribution is 2.03. The molecule has 0 fully saturated rings. The zero-order valence-electron chi connectivity index (χ0n) is 9.65. The van der Waals surface area contributed by atoms with E-state index in [1.807, 2.05) is 31.2 Å². The van der Waals surface area contributed by atoms with Gasteiger partial charge in [0.25, 0.3) is 0 Å². The molecule has 3 heteroatoms. The van der Waals surface area contributed by atoms with Gasteiger partial charge in [0.15, 0.2) is 0 Å². The van der Waals surface area contributed by atoms with Crippen LogP contribution in [0, 0.1) is 0 Å². The average Bonchev–Trinajstić information content (AvgIpc) is 2.34. The second kappa shape index (κ2) is 8.02. The molecule has 1 rings (SSSR count). The number of benzene rings is 1. The highest BCUT2D eigenvalue weighted by atomic mass is 16.5. The molecule has 0 bridgehead atoms. The van der Waals surface area contributed by atoms with Crippen LogP contribution in [0.3, 0.4) is 0 Å². The Bertz CT molecular complexity index is 293. The topological polar surface area (TPSA) is 35.5 Å². The minimum Gasteiger partial charge on any atom is -0.379 e. The Balaban J connectivity index is 2.14. The Morgan fingerprint density at radius 1 is 1.06 bits per heavy atom. The van der Waals surface area contributed by atoms with Gasteiger partial charge >= 0.3 is 0 Å². The van der Waals surface area contributed by atoms with Gasteiger partial charge < -0.3 is 9.47 Å². The third kappa shape index (κ3) is 5.05. The number of rotatable bonds is 8. The number of carbonyl (C=O) groups is 1. The van der Waals surface area contributed by atoms with Gasteiger partial charge in [0, 0.05) is 12.2 Å². The Morgan fingerprint density at radius 2 is 1.75 bits per heavy atom. The lowest BCUT2D eigenvalue weighted by atomic mass is 10.1. The molecule has 0 saturated heterocycles. The van der Waals surface area contributed by atoms with Crippen LogP contribution in [0.5, 0.6) is 0 Å². The normalized spacial score (nSPS) is 10.3. The first-order chi connectivity index (χ1) is 7.86. The number of hydrogen-bond donors (Lipinski definition) is 0. The van der Waals surface area contributed by atoms with Crippen molar-refractivity contribution in [2.75, 3.05) is 26.4 Å². The molecular weight excluding hydrogens is 204 g/mol. The highest BCUT2D eigenvalue weighted by molar-refractivity contribution is 5.74. The zero-order valence-corrected chi connectivity index (χ0v) is 9.65. The predicted octanol–water partition coefficient (Wildman–Crippen LogP) is 2.09. The molecule has 0 aliphatic rings. The summed E-state index contributed by atoms with van der Waals surface area (Å²) < 4.78 is 10.6. The van der Waals surface area contributed by atoms with Crippen LogP contribution in [0.25, 0.3) is 0 Å². The van der Waals surface area contributed by atoms with E-state index in [4.69, 9.17) is 9.47 Å². The number of ether oxygens (including phenoxy) is 2. The maximum absolute atomic E-state index is 10.4. The van der Waals surface area contributed by atoms with Crippen molar-refractivity contribution in [2.24, 2.45) is 0 Å². The summed E-state index contributed by atoms with van der Waals surface area (Å²) >= 11 is 0. The summed E-state index contributed by atoms with van der Waals surface area (Å²) in [6.45, 7) is 4.68. The monoisotopic (exact) mass is 222 g/mol. The number of hydrogen-bond acceptors (Lipinski definition) is 3. The zero-order chi connectivity index (χ0) is 11.6. The van der Waals surface area contributed by atoms with Gasteiger partial charge in [0.1, 0.15) is 6.29 Å². The van der Waals surface area contributed by atoms with Crippen molar-refractivity contribution in [1.29, 1.82) is 0 Å². The van der Waals surface area contributed by atoms with Gasteiger partial charge in [-0.1, -0.05) is 24.3 Å². The van der Waals surface area contributed by atoms with Crippen molar-refractivity contribution >= 4 is 6.29 Å². The lowest BCUT2D eigenvalue weighted by Gasteiger charge is -2.04. The van der Waals surface area contributed by atoms with Crippen LogP contribution in [-0.2, 0) is 15.9 Å². The predicted molar refractivity (Wildman–Crippen MR) is 62.8 cm³/mol. The van der Waals surface area contributed by atoms with E-state index in [1.54, 1.807) is 0 Å². The maximum Gasteiger partial charge on any atom is 0.150 e. The molecule has 16 heavy (non-hydrogen) atoms. The minimum atomic E-state index is 0.639.